The molecule has 2 atom stereocenters. The van der Waals surface area contributed by atoms with Gasteiger partial charge in [-0.3, -0.25) is 0 Å². The quantitative estimate of drug-likeness (QED) is 0.528. The minimum atomic E-state index is -0.772. The van der Waals surface area contributed by atoms with Crippen molar-refractivity contribution in [3.05, 3.63) is 48.4 Å². The zero-order valence-electron chi connectivity index (χ0n) is 15.3. The highest BCUT2D eigenvalue weighted by molar-refractivity contribution is 5.65. The highest BCUT2D eigenvalue weighted by atomic mass is 16.7. The molecule has 1 aliphatic heterocycles. The molecule has 1 aliphatic rings. The molecule has 0 radical (unpaired) electrons. The van der Waals surface area contributed by atoms with Crippen molar-refractivity contribution < 1.29 is 23.7 Å². The van der Waals surface area contributed by atoms with Crippen molar-refractivity contribution in [2.45, 2.75) is 25.0 Å². The molecule has 0 amide bonds. The lowest BCUT2D eigenvalue weighted by Gasteiger charge is -2.14. The van der Waals surface area contributed by atoms with Crippen LogP contribution in [0.25, 0.3) is 5.52 Å². The largest absolute Gasteiger partial charge is 0.513 e. The molecular formula is C19H20N4O5. The lowest BCUT2D eigenvalue weighted by Crippen LogP contribution is -2.20. The molecule has 1 aromatic carbocycles. The SMILES string of the molecule is COc1ccc(OC(=O)OCC2CCC(c3ccc4c(N)ncnn34)O2)cc1. The highest BCUT2D eigenvalue weighted by Crippen LogP contribution is 2.34. The Hall–Kier alpha value is -3.33. The average Bonchev–Trinajstić information content (AvgIpc) is 3.34. The average molecular weight is 384 g/mol. The first-order valence-electron chi connectivity index (χ1n) is 8.86. The van der Waals surface area contributed by atoms with Crippen LogP contribution >= 0.6 is 0 Å². The number of benzene rings is 1. The molecule has 0 spiro atoms. The summed E-state index contributed by atoms with van der Waals surface area (Å²) in [6.45, 7) is 0.117. The van der Waals surface area contributed by atoms with E-state index in [4.69, 9.17) is 24.7 Å². The third kappa shape index (κ3) is 3.70. The number of rotatable bonds is 5. The van der Waals surface area contributed by atoms with Gasteiger partial charge in [-0.1, -0.05) is 0 Å². The Bertz CT molecular complexity index is 972. The first-order chi connectivity index (χ1) is 13.6. The molecule has 2 aromatic heterocycles. The Kier molecular flexibility index (Phi) is 4.98. The van der Waals surface area contributed by atoms with Crippen molar-refractivity contribution in [1.82, 2.24) is 14.6 Å². The predicted octanol–water partition coefficient (Wildman–Crippen LogP) is 2.76. The summed E-state index contributed by atoms with van der Waals surface area (Å²) >= 11 is 0. The first-order valence-corrected chi connectivity index (χ1v) is 8.86. The van der Waals surface area contributed by atoms with E-state index in [2.05, 4.69) is 10.1 Å². The van der Waals surface area contributed by atoms with Crippen LogP contribution in [0.5, 0.6) is 11.5 Å². The molecule has 2 N–H and O–H groups in total. The molecule has 0 saturated carbocycles. The Morgan fingerprint density at radius 2 is 2.00 bits per heavy atom. The molecule has 1 saturated heterocycles. The molecule has 0 aliphatic carbocycles. The van der Waals surface area contributed by atoms with Gasteiger partial charge in [-0.05, 0) is 49.2 Å². The van der Waals surface area contributed by atoms with E-state index >= 15 is 0 Å². The molecule has 4 rings (SSSR count). The molecule has 2 unspecified atom stereocenters. The van der Waals surface area contributed by atoms with Crippen LogP contribution < -0.4 is 15.2 Å². The number of nitrogens with two attached hydrogens (primary N) is 1. The van der Waals surface area contributed by atoms with Crippen LogP contribution in [0, 0.1) is 0 Å². The summed E-state index contributed by atoms with van der Waals surface area (Å²) in [5.74, 6) is 1.48. The fourth-order valence-corrected chi connectivity index (χ4v) is 3.19. The number of methoxy groups -OCH3 is 1. The minimum absolute atomic E-state index is 0.117. The van der Waals surface area contributed by atoms with Gasteiger partial charge < -0.3 is 24.7 Å². The molecule has 3 aromatic rings. The van der Waals surface area contributed by atoms with Crippen molar-refractivity contribution in [1.29, 1.82) is 0 Å². The summed E-state index contributed by atoms with van der Waals surface area (Å²) in [7, 11) is 1.57. The van der Waals surface area contributed by atoms with E-state index in [9.17, 15) is 4.79 Å². The topological polar surface area (TPSA) is 110 Å². The maximum absolute atomic E-state index is 11.9. The smallest absolute Gasteiger partial charge is 0.497 e. The molecule has 146 valence electrons. The number of hydrogen-bond donors (Lipinski definition) is 1. The molecular weight excluding hydrogens is 364 g/mol. The zero-order chi connectivity index (χ0) is 19.5. The van der Waals surface area contributed by atoms with Crippen LogP contribution in [-0.2, 0) is 9.47 Å². The summed E-state index contributed by atoms with van der Waals surface area (Å²) in [4.78, 5) is 15.9. The van der Waals surface area contributed by atoms with Gasteiger partial charge in [-0.2, -0.15) is 5.10 Å². The number of anilines is 1. The summed E-state index contributed by atoms with van der Waals surface area (Å²) in [5.41, 5.74) is 7.50. The molecule has 9 nitrogen and oxygen atoms in total. The van der Waals surface area contributed by atoms with Gasteiger partial charge in [-0.15, -0.1) is 0 Å². The minimum Gasteiger partial charge on any atom is -0.497 e. The fraction of sp³-hybridized carbons (Fsp3) is 0.316. The van der Waals surface area contributed by atoms with Gasteiger partial charge in [0.2, 0.25) is 0 Å². The number of nitrogen functional groups attached to an aromatic ring is 1. The third-order valence-electron chi connectivity index (χ3n) is 4.60. The van der Waals surface area contributed by atoms with Gasteiger partial charge in [0.05, 0.1) is 18.9 Å². The second-order valence-corrected chi connectivity index (χ2v) is 6.36. The summed E-state index contributed by atoms with van der Waals surface area (Å²) in [6, 6.07) is 10.5. The van der Waals surface area contributed by atoms with Crippen LogP contribution in [-0.4, -0.2) is 40.6 Å². The molecule has 3 heterocycles. The van der Waals surface area contributed by atoms with Crippen molar-refractivity contribution in [2.75, 3.05) is 19.5 Å². The van der Waals surface area contributed by atoms with Gasteiger partial charge in [0.15, 0.2) is 5.82 Å². The van der Waals surface area contributed by atoms with Crippen LogP contribution in [0.3, 0.4) is 0 Å². The lowest BCUT2D eigenvalue weighted by atomic mass is 10.1. The molecule has 1 fully saturated rings. The van der Waals surface area contributed by atoms with Crippen molar-refractivity contribution in [3.8, 4) is 11.5 Å². The number of carbonyl (C=O) groups excluding carboxylic acids is 1. The first kappa shape index (κ1) is 18.1. The van der Waals surface area contributed by atoms with Gasteiger partial charge >= 0.3 is 6.16 Å². The highest BCUT2D eigenvalue weighted by Gasteiger charge is 2.30. The summed E-state index contributed by atoms with van der Waals surface area (Å²) < 4.78 is 23.1. The number of nitrogens with zero attached hydrogens (tertiary/aromatic N) is 3. The Morgan fingerprint density at radius 3 is 2.79 bits per heavy atom. The normalized spacial score (nSPS) is 18.9. The second-order valence-electron chi connectivity index (χ2n) is 6.36. The summed E-state index contributed by atoms with van der Waals surface area (Å²) in [5, 5.41) is 4.24. The number of hydrogen-bond acceptors (Lipinski definition) is 8. The predicted molar refractivity (Wildman–Crippen MR) is 99.2 cm³/mol. The van der Waals surface area contributed by atoms with Gasteiger partial charge in [0.1, 0.15) is 36.1 Å². The Balaban J connectivity index is 1.30. The Morgan fingerprint density at radius 1 is 1.21 bits per heavy atom. The van der Waals surface area contributed by atoms with Gasteiger partial charge in [0.25, 0.3) is 0 Å². The lowest BCUT2D eigenvalue weighted by molar-refractivity contribution is -0.00689. The van der Waals surface area contributed by atoms with Crippen molar-refractivity contribution in [2.24, 2.45) is 0 Å². The van der Waals surface area contributed by atoms with E-state index in [-0.39, 0.29) is 18.8 Å². The maximum atomic E-state index is 11.9. The fourth-order valence-electron chi connectivity index (χ4n) is 3.19. The van der Waals surface area contributed by atoms with Crippen LogP contribution in [0.2, 0.25) is 0 Å². The van der Waals surface area contributed by atoms with Crippen molar-refractivity contribution in [3.63, 3.8) is 0 Å². The molecule has 9 heteroatoms. The number of fused-ring (bicyclic) bond motifs is 1. The number of carbonyl (C=O) groups is 1. The van der Waals surface area contributed by atoms with E-state index in [0.717, 1.165) is 24.1 Å². The van der Waals surface area contributed by atoms with E-state index in [1.54, 1.807) is 35.9 Å². The van der Waals surface area contributed by atoms with E-state index < -0.39 is 6.16 Å². The zero-order valence-corrected chi connectivity index (χ0v) is 15.3. The van der Waals surface area contributed by atoms with Crippen LogP contribution in [0.1, 0.15) is 24.6 Å². The van der Waals surface area contributed by atoms with E-state index in [0.29, 0.717) is 17.3 Å². The monoisotopic (exact) mass is 384 g/mol. The van der Waals surface area contributed by atoms with E-state index in [1.807, 2.05) is 12.1 Å². The number of aromatic nitrogens is 3. The molecule has 0 bridgehead atoms. The van der Waals surface area contributed by atoms with Crippen LogP contribution in [0.4, 0.5) is 10.6 Å². The van der Waals surface area contributed by atoms with Gasteiger partial charge in [0, 0.05) is 0 Å². The number of ether oxygens (including phenoxy) is 4. The maximum Gasteiger partial charge on any atom is 0.513 e. The standard InChI is InChI=1S/C19H20N4O5/c1-25-12-2-4-13(5-3-12)28-19(24)26-10-14-6-9-17(27-14)15-7-8-16-18(20)21-11-22-23(15)16/h2-5,7-8,11,14,17H,6,9-10H2,1H3,(H2,20,21,22). The third-order valence-corrected chi connectivity index (χ3v) is 4.60. The molecule has 28 heavy (non-hydrogen) atoms. The second kappa shape index (κ2) is 7.73. The summed E-state index contributed by atoms with van der Waals surface area (Å²) in [6.07, 6.45) is 1.83. The van der Waals surface area contributed by atoms with Crippen molar-refractivity contribution >= 4 is 17.5 Å². The Labute approximate surface area is 161 Å². The van der Waals surface area contributed by atoms with Gasteiger partial charge in [-0.25, -0.2) is 14.3 Å². The van der Waals surface area contributed by atoms with E-state index in [1.165, 1.54) is 6.33 Å². The van der Waals surface area contributed by atoms with Crippen LogP contribution in [0.15, 0.2) is 42.7 Å².